The van der Waals surface area contributed by atoms with Gasteiger partial charge in [0, 0.05) is 6.54 Å². The molecule has 0 aliphatic heterocycles. The number of halogens is 1. The predicted octanol–water partition coefficient (Wildman–Crippen LogP) is 3.00. The highest BCUT2D eigenvalue weighted by Gasteiger charge is 2.11. The summed E-state index contributed by atoms with van der Waals surface area (Å²) >= 11 is 5.96. The van der Waals surface area contributed by atoms with Gasteiger partial charge in [-0.3, -0.25) is 9.59 Å². The number of carbonyl (C=O) groups is 2. The quantitative estimate of drug-likeness (QED) is 0.742. The Balaban J connectivity index is 1.86. The zero-order chi connectivity index (χ0) is 18.2. The number of carbonyl (C=O) groups excluding carboxylic acids is 2. The lowest BCUT2D eigenvalue weighted by Crippen LogP contribution is -2.27. The molecule has 0 heterocycles. The summed E-state index contributed by atoms with van der Waals surface area (Å²) < 4.78 is 10.4. The fourth-order valence-corrected chi connectivity index (χ4v) is 2.34. The van der Waals surface area contributed by atoms with Crippen LogP contribution in [0.5, 0.6) is 11.5 Å². The smallest absolute Gasteiger partial charge is 0.233 e. The number of hydrogen-bond donors (Lipinski definition) is 2. The van der Waals surface area contributed by atoms with Crippen molar-refractivity contribution in [3.05, 3.63) is 53.1 Å². The molecule has 2 N–H and O–H groups in total. The third-order valence-electron chi connectivity index (χ3n) is 3.41. The number of hydrogen-bond acceptors (Lipinski definition) is 4. The average Bonchev–Trinajstić information content (AvgIpc) is 2.61. The molecule has 2 aromatic carbocycles. The van der Waals surface area contributed by atoms with Crippen molar-refractivity contribution in [2.75, 3.05) is 19.5 Å². The molecule has 7 heteroatoms. The summed E-state index contributed by atoms with van der Waals surface area (Å²) in [6.45, 7) is 0.276. The van der Waals surface area contributed by atoms with Gasteiger partial charge in [-0.2, -0.15) is 0 Å². The van der Waals surface area contributed by atoms with Gasteiger partial charge in [-0.1, -0.05) is 29.8 Å². The molecule has 0 aliphatic carbocycles. The summed E-state index contributed by atoms with van der Waals surface area (Å²) in [5, 5.41) is 5.71. The highest BCUT2D eigenvalue weighted by molar-refractivity contribution is 6.33. The lowest BCUT2D eigenvalue weighted by atomic mass is 10.2. The number of rotatable bonds is 7. The van der Waals surface area contributed by atoms with Crippen molar-refractivity contribution in [3.63, 3.8) is 0 Å². The molecule has 0 atom stereocenters. The topological polar surface area (TPSA) is 76.7 Å². The molecule has 2 rings (SSSR count). The van der Waals surface area contributed by atoms with Gasteiger partial charge in [0.1, 0.15) is 6.42 Å². The standard InChI is InChI=1S/C18H19ClN2O4/c1-24-15-8-7-12(9-16(15)25-2)11-20-17(22)10-18(23)21-14-6-4-3-5-13(14)19/h3-9H,10-11H2,1-2H3,(H,20,22)(H,21,23). The van der Waals surface area contributed by atoms with Gasteiger partial charge in [0.15, 0.2) is 11.5 Å². The Morgan fingerprint density at radius 3 is 2.40 bits per heavy atom. The van der Waals surface area contributed by atoms with E-state index in [1.807, 2.05) is 6.07 Å². The van der Waals surface area contributed by atoms with Gasteiger partial charge in [-0.05, 0) is 29.8 Å². The normalized spacial score (nSPS) is 10.0. The van der Waals surface area contributed by atoms with E-state index in [-0.39, 0.29) is 18.9 Å². The van der Waals surface area contributed by atoms with Crippen LogP contribution in [0.3, 0.4) is 0 Å². The van der Waals surface area contributed by atoms with E-state index in [0.29, 0.717) is 22.2 Å². The van der Waals surface area contributed by atoms with Gasteiger partial charge in [-0.25, -0.2) is 0 Å². The Labute approximate surface area is 151 Å². The summed E-state index contributed by atoms with van der Waals surface area (Å²) in [5.41, 5.74) is 1.30. The monoisotopic (exact) mass is 362 g/mol. The van der Waals surface area contributed by atoms with Crippen LogP contribution in [0.4, 0.5) is 5.69 Å². The van der Waals surface area contributed by atoms with E-state index in [1.54, 1.807) is 50.6 Å². The van der Waals surface area contributed by atoms with Crippen molar-refractivity contribution in [1.82, 2.24) is 5.32 Å². The molecular formula is C18H19ClN2O4. The van der Waals surface area contributed by atoms with E-state index in [0.717, 1.165) is 5.56 Å². The maximum absolute atomic E-state index is 11.9. The summed E-state index contributed by atoms with van der Waals surface area (Å²) in [6, 6.07) is 12.2. The van der Waals surface area contributed by atoms with Gasteiger partial charge in [0.2, 0.25) is 11.8 Å². The molecule has 0 radical (unpaired) electrons. The first-order chi connectivity index (χ1) is 12.0. The van der Waals surface area contributed by atoms with Crippen molar-refractivity contribution in [3.8, 4) is 11.5 Å². The molecule has 2 aromatic rings. The summed E-state index contributed by atoms with van der Waals surface area (Å²) in [4.78, 5) is 23.8. The summed E-state index contributed by atoms with van der Waals surface area (Å²) in [5.74, 6) is 0.361. The fraction of sp³-hybridized carbons (Fsp3) is 0.222. The van der Waals surface area contributed by atoms with Crippen LogP contribution in [0.1, 0.15) is 12.0 Å². The van der Waals surface area contributed by atoms with E-state index in [2.05, 4.69) is 10.6 Å². The van der Waals surface area contributed by atoms with Crippen molar-refractivity contribution in [2.45, 2.75) is 13.0 Å². The Morgan fingerprint density at radius 2 is 1.72 bits per heavy atom. The molecular weight excluding hydrogens is 344 g/mol. The Morgan fingerprint density at radius 1 is 1.00 bits per heavy atom. The predicted molar refractivity (Wildman–Crippen MR) is 96.1 cm³/mol. The maximum Gasteiger partial charge on any atom is 0.233 e. The van der Waals surface area contributed by atoms with E-state index in [9.17, 15) is 9.59 Å². The third kappa shape index (κ3) is 5.39. The van der Waals surface area contributed by atoms with Gasteiger partial charge >= 0.3 is 0 Å². The first kappa shape index (κ1) is 18.6. The molecule has 0 aliphatic rings. The molecule has 25 heavy (non-hydrogen) atoms. The Hall–Kier alpha value is -2.73. The van der Waals surface area contributed by atoms with Crippen molar-refractivity contribution in [1.29, 1.82) is 0 Å². The minimum atomic E-state index is -0.432. The summed E-state index contributed by atoms with van der Waals surface area (Å²) in [6.07, 6.45) is -0.293. The maximum atomic E-state index is 11.9. The van der Waals surface area contributed by atoms with Crippen molar-refractivity contribution >= 4 is 29.1 Å². The number of anilines is 1. The first-order valence-electron chi connectivity index (χ1n) is 7.55. The minimum Gasteiger partial charge on any atom is -0.493 e. The number of amides is 2. The molecule has 0 bridgehead atoms. The van der Waals surface area contributed by atoms with Gasteiger partial charge in [-0.15, -0.1) is 0 Å². The molecule has 0 unspecified atom stereocenters. The first-order valence-corrected chi connectivity index (χ1v) is 7.93. The third-order valence-corrected chi connectivity index (χ3v) is 3.74. The van der Waals surface area contributed by atoms with E-state index in [1.165, 1.54) is 0 Å². The lowest BCUT2D eigenvalue weighted by molar-refractivity contribution is -0.126. The molecule has 0 fully saturated rings. The average molecular weight is 363 g/mol. The molecule has 0 spiro atoms. The second-order valence-electron chi connectivity index (χ2n) is 5.17. The number of nitrogens with one attached hydrogen (secondary N) is 2. The second kappa shape index (κ2) is 8.94. The van der Waals surface area contributed by atoms with Crippen LogP contribution in [0, 0.1) is 0 Å². The fourth-order valence-electron chi connectivity index (χ4n) is 2.16. The van der Waals surface area contributed by atoms with Crippen LogP contribution in [0.15, 0.2) is 42.5 Å². The lowest BCUT2D eigenvalue weighted by Gasteiger charge is -2.10. The van der Waals surface area contributed by atoms with Gasteiger partial charge < -0.3 is 20.1 Å². The van der Waals surface area contributed by atoms with E-state index >= 15 is 0 Å². The zero-order valence-corrected chi connectivity index (χ0v) is 14.7. The largest absolute Gasteiger partial charge is 0.493 e. The molecule has 0 aromatic heterocycles. The second-order valence-corrected chi connectivity index (χ2v) is 5.58. The zero-order valence-electron chi connectivity index (χ0n) is 14.0. The highest BCUT2D eigenvalue weighted by Crippen LogP contribution is 2.27. The SMILES string of the molecule is COc1ccc(CNC(=O)CC(=O)Nc2ccccc2Cl)cc1OC. The molecule has 0 saturated heterocycles. The molecule has 2 amide bonds. The molecule has 132 valence electrons. The van der Waals surface area contributed by atoms with Crippen LogP contribution in [-0.4, -0.2) is 26.0 Å². The van der Waals surface area contributed by atoms with Gasteiger partial charge in [0.25, 0.3) is 0 Å². The number of benzene rings is 2. The Bertz CT molecular complexity index is 764. The number of methoxy groups -OCH3 is 2. The van der Waals surface area contributed by atoms with Crippen molar-refractivity contribution in [2.24, 2.45) is 0 Å². The van der Waals surface area contributed by atoms with Crippen molar-refractivity contribution < 1.29 is 19.1 Å². The van der Waals surface area contributed by atoms with E-state index < -0.39 is 5.91 Å². The molecule has 6 nitrogen and oxygen atoms in total. The number of para-hydroxylation sites is 1. The Kier molecular flexibility index (Phi) is 6.65. The summed E-state index contributed by atoms with van der Waals surface area (Å²) in [7, 11) is 3.09. The number of ether oxygens (including phenoxy) is 2. The van der Waals surface area contributed by atoms with Crippen LogP contribution in [0.2, 0.25) is 5.02 Å². The minimum absolute atomic E-state index is 0.276. The molecule has 0 saturated carbocycles. The highest BCUT2D eigenvalue weighted by atomic mass is 35.5. The van der Waals surface area contributed by atoms with Crippen LogP contribution < -0.4 is 20.1 Å². The van der Waals surface area contributed by atoms with Crippen LogP contribution >= 0.6 is 11.6 Å². The van der Waals surface area contributed by atoms with Gasteiger partial charge in [0.05, 0.1) is 24.9 Å². The van der Waals surface area contributed by atoms with Crippen LogP contribution in [-0.2, 0) is 16.1 Å². The van der Waals surface area contributed by atoms with E-state index in [4.69, 9.17) is 21.1 Å². The van der Waals surface area contributed by atoms with Crippen LogP contribution in [0.25, 0.3) is 0 Å².